The van der Waals surface area contributed by atoms with E-state index in [0.717, 1.165) is 22.2 Å². The maximum atomic E-state index is 5.73. The Bertz CT molecular complexity index is 586. The van der Waals surface area contributed by atoms with Crippen molar-refractivity contribution in [2.24, 2.45) is 5.84 Å². The predicted octanol–water partition coefficient (Wildman–Crippen LogP) is 3.51. The molecule has 0 amide bonds. The van der Waals surface area contributed by atoms with Crippen LogP contribution < -0.4 is 16.0 Å². The van der Waals surface area contributed by atoms with Crippen molar-refractivity contribution in [1.29, 1.82) is 0 Å². The van der Waals surface area contributed by atoms with Crippen LogP contribution in [0.4, 0.5) is 0 Å². The maximum absolute atomic E-state index is 5.73. The molecule has 0 aliphatic carbocycles. The van der Waals surface area contributed by atoms with Gasteiger partial charge >= 0.3 is 0 Å². The molecular formula is C16H19BrN2O. The second kappa shape index (κ2) is 6.88. The van der Waals surface area contributed by atoms with Crippen LogP contribution in [0.15, 0.2) is 46.9 Å². The highest BCUT2D eigenvalue weighted by Crippen LogP contribution is 2.28. The van der Waals surface area contributed by atoms with Crippen molar-refractivity contribution in [3.8, 4) is 5.75 Å². The van der Waals surface area contributed by atoms with Gasteiger partial charge in [0.1, 0.15) is 5.75 Å². The number of hydrazine groups is 1. The maximum Gasteiger partial charge on any atom is 0.122 e. The van der Waals surface area contributed by atoms with Crippen LogP contribution in [-0.4, -0.2) is 7.11 Å². The van der Waals surface area contributed by atoms with Gasteiger partial charge in [0.25, 0.3) is 0 Å². The lowest BCUT2D eigenvalue weighted by molar-refractivity contribution is 0.405. The van der Waals surface area contributed by atoms with Crippen LogP contribution in [0, 0.1) is 6.92 Å². The van der Waals surface area contributed by atoms with Gasteiger partial charge in [-0.3, -0.25) is 11.3 Å². The Morgan fingerprint density at radius 1 is 1.25 bits per heavy atom. The van der Waals surface area contributed by atoms with Crippen molar-refractivity contribution in [2.45, 2.75) is 19.4 Å². The summed E-state index contributed by atoms with van der Waals surface area (Å²) >= 11 is 3.50. The van der Waals surface area contributed by atoms with E-state index in [0.29, 0.717) is 0 Å². The summed E-state index contributed by atoms with van der Waals surface area (Å²) in [6, 6.07) is 14.4. The van der Waals surface area contributed by atoms with E-state index < -0.39 is 0 Å². The second-order valence-electron chi connectivity index (χ2n) is 4.79. The van der Waals surface area contributed by atoms with E-state index in [1.165, 1.54) is 11.1 Å². The highest BCUT2D eigenvalue weighted by atomic mass is 79.9. The molecule has 0 bridgehead atoms. The number of methoxy groups -OCH3 is 1. The second-order valence-corrected chi connectivity index (χ2v) is 5.71. The van der Waals surface area contributed by atoms with E-state index in [-0.39, 0.29) is 6.04 Å². The fourth-order valence-corrected chi connectivity index (χ4v) is 2.69. The molecule has 0 saturated heterocycles. The van der Waals surface area contributed by atoms with Crippen molar-refractivity contribution in [3.63, 3.8) is 0 Å². The van der Waals surface area contributed by atoms with Crippen LogP contribution in [0.2, 0.25) is 0 Å². The minimum Gasteiger partial charge on any atom is -0.496 e. The Morgan fingerprint density at radius 2 is 2.05 bits per heavy atom. The first-order chi connectivity index (χ1) is 9.63. The van der Waals surface area contributed by atoms with Gasteiger partial charge in [-0.25, -0.2) is 0 Å². The van der Waals surface area contributed by atoms with Crippen LogP contribution in [-0.2, 0) is 6.42 Å². The van der Waals surface area contributed by atoms with E-state index >= 15 is 0 Å². The Hall–Kier alpha value is -1.36. The van der Waals surface area contributed by atoms with Gasteiger partial charge in [-0.15, -0.1) is 0 Å². The molecule has 2 aromatic carbocycles. The highest BCUT2D eigenvalue weighted by molar-refractivity contribution is 9.10. The Morgan fingerprint density at radius 3 is 2.70 bits per heavy atom. The normalized spacial score (nSPS) is 12.2. The minimum atomic E-state index is 0.0538. The molecule has 0 fully saturated rings. The SMILES string of the molecule is COc1ccc(Br)cc1CC(NN)c1cccc(C)c1. The molecular weight excluding hydrogens is 316 g/mol. The highest BCUT2D eigenvalue weighted by Gasteiger charge is 2.14. The molecule has 0 spiro atoms. The number of halogens is 1. The molecule has 3 N–H and O–H groups in total. The average Bonchev–Trinajstić information content (AvgIpc) is 2.45. The van der Waals surface area contributed by atoms with E-state index in [1.54, 1.807) is 7.11 Å². The minimum absolute atomic E-state index is 0.0538. The summed E-state index contributed by atoms with van der Waals surface area (Å²) in [6.07, 6.45) is 0.766. The van der Waals surface area contributed by atoms with Gasteiger partial charge in [0.15, 0.2) is 0 Å². The van der Waals surface area contributed by atoms with Gasteiger partial charge in [0, 0.05) is 4.47 Å². The third-order valence-corrected chi connectivity index (χ3v) is 3.81. The summed E-state index contributed by atoms with van der Waals surface area (Å²) < 4.78 is 6.45. The van der Waals surface area contributed by atoms with Crippen molar-refractivity contribution >= 4 is 15.9 Å². The molecule has 20 heavy (non-hydrogen) atoms. The summed E-state index contributed by atoms with van der Waals surface area (Å²) in [7, 11) is 1.68. The zero-order valence-electron chi connectivity index (χ0n) is 11.7. The number of hydrogen-bond donors (Lipinski definition) is 2. The number of nitrogens with one attached hydrogen (secondary N) is 1. The average molecular weight is 335 g/mol. The monoisotopic (exact) mass is 334 g/mol. The molecule has 0 radical (unpaired) electrons. The van der Waals surface area contributed by atoms with Crippen molar-refractivity contribution in [3.05, 3.63) is 63.6 Å². The van der Waals surface area contributed by atoms with Crippen molar-refractivity contribution < 1.29 is 4.74 Å². The van der Waals surface area contributed by atoms with Gasteiger partial charge in [-0.2, -0.15) is 0 Å². The van der Waals surface area contributed by atoms with Crippen LogP contribution in [0.1, 0.15) is 22.7 Å². The third kappa shape index (κ3) is 3.60. The molecule has 0 aromatic heterocycles. The molecule has 0 aliphatic heterocycles. The third-order valence-electron chi connectivity index (χ3n) is 3.31. The molecule has 106 valence electrons. The van der Waals surface area contributed by atoms with Gasteiger partial charge < -0.3 is 4.74 Å². The Kier molecular flexibility index (Phi) is 5.17. The number of aryl methyl sites for hydroxylation is 1. The molecule has 0 aliphatic rings. The van der Waals surface area contributed by atoms with Crippen LogP contribution >= 0.6 is 15.9 Å². The van der Waals surface area contributed by atoms with E-state index in [1.807, 2.05) is 18.2 Å². The number of hydrogen-bond acceptors (Lipinski definition) is 3. The zero-order valence-corrected chi connectivity index (χ0v) is 13.3. The summed E-state index contributed by atoms with van der Waals surface area (Å²) in [5.41, 5.74) is 6.41. The van der Waals surface area contributed by atoms with Crippen LogP contribution in [0.25, 0.3) is 0 Å². The van der Waals surface area contributed by atoms with Crippen molar-refractivity contribution in [1.82, 2.24) is 5.43 Å². The first-order valence-corrected chi connectivity index (χ1v) is 7.28. The summed E-state index contributed by atoms with van der Waals surface area (Å²) in [5, 5.41) is 0. The van der Waals surface area contributed by atoms with Gasteiger partial charge in [-0.05, 0) is 42.7 Å². The van der Waals surface area contributed by atoms with Gasteiger partial charge in [0.2, 0.25) is 0 Å². The van der Waals surface area contributed by atoms with Crippen LogP contribution in [0.5, 0.6) is 5.75 Å². The lowest BCUT2D eigenvalue weighted by atomic mass is 9.97. The number of nitrogens with two attached hydrogens (primary N) is 1. The molecule has 2 rings (SSSR count). The largest absolute Gasteiger partial charge is 0.496 e. The first kappa shape index (κ1) is 15.0. The quantitative estimate of drug-likeness (QED) is 0.649. The lowest BCUT2D eigenvalue weighted by Gasteiger charge is -2.18. The number of benzene rings is 2. The topological polar surface area (TPSA) is 47.3 Å². The van der Waals surface area contributed by atoms with E-state index in [9.17, 15) is 0 Å². The summed E-state index contributed by atoms with van der Waals surface area (Å²) in [4.78, 5) is 0. The fraction of sp³-hybridized carbons (Fsp3) is 0.250. The predicted molar refractivity (Wildman–Crippen MR) is 85.6 cm³/mol. The Labute approximate surface area is 128 Å². The fourth-order valence-electron chi connectivity index (χ4n) is 2.29. The molecule has 1 unspecified atom stereocenters. The zero-order chi connectivity index (χ0) is 14.5. The number of rotatable bonds is 5. The lowest BCUT2D eigenvalue weighted by Crippen LogP contribution is -2.29. The van der Waals surface area contributed by atoms with Gasteiger partial charge in [0.05, 0.1) is 13.2 Å². The molecule has 4 heteroatoms. The van der Waals surface area contributed by atoms with E-state index in [4.69, 9.17) is 10.6 Å². The smallest absolute Gasteiger partial charge is 0.122 e. The summed E-state index contributed by atoms with van der Waals surface area (Å²) in [5.74, 6) is 6.61. The molecule has 1 atom stereocenters. The Balaban J connectivity index is 2.28. The van der Waals surface area contributed by atoms with E-state index in [2.05, 4.69) is 52.5 Å². The molecule has 2 aromatic rings. The first-order valence-electron chi connectivity index (χ1n) is 6.49. The van der Waals surface area contributed by atoms with Crippen molar-refractivity contribution in [2.75, 3.05) is 7.11 Å². The molecule has 0 saturated carbocycles. The van der Waals surface area contributed by atoms with Crippen LogP contribution in [0.3, 0.4) is 0 Å². The standard InChI is InChI=1S/C16H19BrN2O/c1-11-4-3-5-12(8-11)15(19-18)10-13-9-14(17)6-7-16(13)20-2/h3-9,15,19H,10,18H2,1-2H3. The summed E-state index contributed by atoms with van der Waals surface area (Å²) in [6.45, 7) is 2.08. The number of ether oxygens (including phenoxy) is 1. The molecule has 3 nitrogen and oxygen atoms in total. The molecule has 0 heterocycles. The van der Waals surface area contributed by atoms with Gasteiger partial charge in [-0.1, -0.05) is 45.8 Å².